The minimum atomic E-state index is -0.740. The SMILES string of the molecule is COc1ccc2c(c1OC)C(=O)N1c3ccccc3C(=O)N(CC(=O)N(C)C[C@H]3CCCN4CCCC[C@@H]34)C21. The van der Waals surface area contributed by atoms with E-state index in [1.807, 2.05) is 13.1 Å². The zero-order valence-electron chi connectivity index (χ0n) is 22.9. The number of para-hydroxylation sites is 1. The van der Waals surface area contributed by atoms with E-state index >= 15 is 0 Å². The molecule has 0 saturated carbocycles. The van der Waals surface area contributed by atoms with Crippen molar-refractivity contribution in [3.05, 3.63) is 53.1 Å². The van der Waals surface area contributed by atoms with Crippen LogP contribution in [0.1, 0.15) is 64.5 Å². The average Bonchev–Trinajstić information content (AvgIpc) is 3.27. The fraction of sp³-hybridized carbons (Fsp3) is 0.500. The maximum atomic E-state index is 13.9. The largest absolute Gasteiger partial charge is 0.493 e. The maximum absolute atomic E-state index is 13.9. The van der Waals surface area contributed by atoms with E-state index < -0.39 is 6.17 Å². The van der Waals surface area contributed by atoms with Gasteiger partial charge in [-0.2, -0.15) is 0 Å². The predicted octanol–water partition coefficient (Wildman–Crippen LogP) is 3.54. The summed E-state index contributed by atoms with van der Waals surface area (Å²) in [4.78, 5) is 48.9. The van der Waals surface area contributed by atoms with Crippen LogP contribution in [0.3, 0.4) is 0 Å². The van der Waals surface area contributed by atoms with Crippen LogP contribution in [0.4, 0.5) is 5.69 Å². The normalized spacial score (nSPS) is 24.0. The number of anilines is 1. The first-order valence-electron chi connectivity index (χ1n) is 13.9. The molecule has 9 heteroatoms. The third-order valence-electron chi connectivity index (χ3n) is 8.95. The number of hydrogen-bond acceptors (Lipinski definition) is 6. The molecule has 2 fully saturated rings. The van der Waals surface area contributed by atoms with Crippen molar-refractivity contribution < 1.29 is 23.9 Å². The van der Waals surface area contributed by atoms with Crippen LogP contribution in [0.2, 0.25) is 0 Å². The number of likely N-dealkylation sites (N-methyl/N-ethyl adjacent to an activating group) is 1. The molecule has 6 rings (SSSR count). The first kappa shape index (κ1) is 25.7. The molecule has 4 aliphatic rings. The Bertz CT molecular complexity index is 1310. The van der Waals surface area contributed by atoms with Gasteiger partial charge in [0.25, 0.3) is 11.8 Å². The lowest BCUT2D eigenvalue weighted by atomic mass is 9.83. The first-order valence-corrected chi connectivity index (χ1v) is 13.9. The molecule has 2 aromatic rings. The molecule has 0 aromatic heterocycles. The van der Waals surface area contributed by atoms with Gasteiger partial charge in [-0.1, -0.05) is 24.6 Å². The van der Waals surface area contributed by atoms with Gasteiger partial charge in [-0.15, -0.1) is 0 Å². The van der Waals surface area contributed by atoms with Crippen molar-refractivity contribution in [1.29, 1.82) is 0 Å². The highest BCUT2D eigenvalue weighted by Crippen LogP contribution is 2.49. The minimum absolute atomic E-state index is 0.118. The molecule has 4 heterocycles. The Morgan fingerprint density at radius 2 is 1.77 bits per heavy atom. The van der Waals surface area contributed by atoms with Gasteiger partial charge in [0.1, 0.15) is 12.7 Å². The number of ether oxygens (including phenoxy) is 2. The molecule has 1 unspecified atom stereocenters. The molecule has 9 nitrogen and oxygen atoms in total. The third kappa shape index (κ3) is 4.14. The highest BCUT2D eigenvalue weighted by Gasteiger charge is 2.50. The Kier molecular flexibility index (Phi) is 6.71. The van der Waals surface area contributed by atoms with E-state index in [9.17, 15) is 14.4 Å². The molecule has 2 aromatic carbocycles. The second-order valence-corrected chi connectivity index (χ2v) is 11.0. The van der Waals surface area contributed by atoms with Gasteiger partial charge >= 0.3 is 0 Å². The van der Waals surface area contributed by atoms with Gasteiger partial charge in [0.05, 0.1) is 31.0 Å². The van der Waals surface area contributed by atoms with Gasteiger partial charge in [-0.25, -0.2) is 0 Å². The second-order valence-electron chi connectivity index (χ2n) is 11.0. The number of nitrogens with zero attached hydrogens (tertiary/aromatic N) is 4. The van der Waals surface area contributed by atoms with E-state index in [-0.39, 0.29) is 24.3 Å². The van der Waals surface area contributed by atoms with Crippen LogP contribution in [0.5, 0.6) is 11.5 Å². The van der Waals surface area contributed by atoms with Crippen LogP contribution >= 0.6 is 0 Å². The van der Waals surface area contributed by atoms with E-state index in [0.29, 0.717) is 52.4 Å². The molecule has 0 aliphatic carbocycles. The summed E-state index contributed by atoms with van der Waals surface area (Å²) in [5.74, 6) is 0.536. The number of carbonyl (C=O) groups excluding carboxylic acids is 3. The fourth-order valence-corrected chi connectivity index (χ4v) is 7.10. The maximum Gasteiger partial charge on any atom is 0.264 e. The van der Waals surface area contributed by atoms with E-state index in [1.165, 1.54) is 38.4 Å². The lowest BCUT2D eigenvalue weighted by Gasteiger charge is -2.45. The summed E-state index contributed by atoms with van der Waals surface area (Å²) >= 11 is 0. The Morgan fingerprint density at radius 1 is 0.974 bits per heavy atom. The number of amides is 3. The zero-order valence-corrected chi connectivity index (χ0v) is 22.9. The Labute approximate surface area is 229 Å². The van der Waals surface area contributed by atoms with Crippen LogP contribution in [-0.4, -0.2) is 85.9 Å². The smallest absolute Gasteiger partial charge is 0.264 e. The van der Waals surface area contributed by atoms with Crippen molar-refractivity contribution in [1.82, 2.24) is 14.7 Å². The number of benzene rings is 2. The van der Waals surface area contributed by atoms with Crippen molar-refractivity contribution >= 4 is 23.4 Å². The standard InChI is InChI=1S/C30H36N4O5/c1-31(17-19-9-8-16-32-15-7-6-11-22(19)32)25(35)18-33-28-21-13-14-24(38-2)27(39-3)26(21)30(37)34(28)23-12-5-4-10-20(23)29(33)36/h4-5,10,12-14,19,22,28H,6-9,11,15-18H2,1-3H3/t19-,22+,28?/m1/s1. The van der Waals surface area contributed by atoms with Crippen LogP contribution in [0.25, 0.3) is 0 Å². The van der Waals surface area contributed by atoms with Gasteiger partial charge in [-0.05, 0) is 62.9 Å². The Balaban J connectivity index is 1.31. The van der Waals surface area contributed by atoms with Crippen LogP contribution in [-0.2, 0) is 4.79 Å². The van der Waals surface area contributed by atoms with E-state index in [0.717, 1.165) is 25.9 Å². The summed E-state index contributed by atoms with van der Waals surface area (Å²) in [6, 6.07) is 11.1. The highest BCUT2D eigenvalue weighted by atomic mass is 16.5. The molecular weight excluding hydrogens is 496 g/mol. The molecule has 0 radical (unpaired) electrons. The van der Waals surface area contributed by atoms with Gasteiger partial charge < -0.3 is 24.2 Å². The summed E-state index contributed by atoms with van der Waals surface area (Å²) in [7, 11) is 4.86. The van der Waals surface area contributed by atoms with Gasteiger partial charge in [0, 0.05) is 25.2 Å². The van der Waals surface area contributed by atoms with E-state index in [4.69, 9.17) is 9.47 Å². The molecule has 3 atom stereocenters. The van der Waals surface area contributed by atoms with Gasteiger partial charge in [0.2, 0.25) is 5.91 Å². The van der Waals surface area contributed by atoms with E-state index in [1.54, 1.807) is 40.1 Å². The van der Waals surface area contributed by atoms with Crippen LogP contribution < -0.4 is 14.4 Å². The molecule has 3 amide bonds. The van der Waals surface area contributed by atoms with Crippen molar-refractivity contribution in [2.75, 3.05) is 52.3 Å². The Hall–Kier alpha value is -3.59. The van der Waals surface area contributed by atoms with Crippen molar-refractivity contribution in [2.45, 2.75) is 44.3 Å². The predicted molar refractivity (Wildman–Crippen MR) is 146 cm³/mol. The third-order valence-corrected chi connectivity index (χ3v) is 8.95. The fourth-order valence-electron chi connectivity index (χ4n) is 7.10. The van der Waals surface area contributed by atoms with Crippen molar-refractivity contribution in [3.63, 3.8) is 0 Å². The lowest BCUT2D eigenvalue weighted by Crippen LogP contribution is -2.54. The molecule has 2 saturated heterocycles. The summed E-state index contributed by atoms with van der Waals surface area (Å²) in [5.41, 5.74) is 1.92. The van der Waals surface area contributed by atoms with Gasteiger partial charge in [-0.3, -0.25) is 19.3 Å². The first-order chi connectivity index (χ1) is 18.9. The molecule has 4 aliphatic heterocycles. The molecule has 0 bridgehead atoms. The summed E-state index contributed by atoms with van der Waals surface area (Å²) in [5, 5.41) is 0. The monoisotopic (exact) mass is 532 g/mol. The number of methoxy groups -OCH3 is 2. The lowest BCUT2D eigenvalue weighted by molar-refractivity contribution is -0.132. The molecule has 0 N–H and O–H groups in total. The molecular formula is C30H36N4O5. The minimum Gasteiger partial charge on any atom is -0.493 e. The number of carbonyl (C=O) groups is 3. The molecule has 206 valence electrons. The highest BCUT2D eigenvalue weighted by molar-refractivity contribution is 6.18. The van der Waals surface area contributed by atoms with Crippen molar-refractivity contribution in [3.8, 4) is 11.5 Å². The summed E-state index contributed by atoms with van der Waals surface area (Å²) < 4.78 is 11.0. The number of hydrogen-bond donors (Lipinski definition) is 0. The van der Waals surface area contributed by atoms with Crippen molar-refractivity contribution in [2.24, 2.45) is 5.92 Å². The summed E-state index contributed by atoms with van der Waals surface area (Å²) in [6.07, 6.45) is 5.23. The number of piperidine rings is 2. The van der Waals surface area contributed by atoms with Gasteiger partial charge in [0.15, 0.2) is 11.5 Å². The van der Waals surface area contributed by atoms with E-state index in [2.05, 4.69) is 4.90 Å². The second kappa shape index (κ2) is 10.2. The number of fused-ring (bicyclic) bond motifs is 6. The topological polar surface area (TPSA) is 82.6 Å². The molecule has 39 heavy (non-hydrogen) atoms. The number of rotatable bonds is 6. The molecule has 0 spiro atoms. The van der Waals surface area contributed by atoms with Crippen LogP contribution in [0.15, 0.2) is 36.4 Å². The van der Waals surface area contributed by atoms with Crippen LogP contribution in [0, 0.1) is 5.92 Å². The average molecular weight is 533 g/mol. The zero-order chi connectivity index (χ0) is 27.3. The summed E-state index contributed by atoms with van der Waals surface area (Å²) in [6.45, 7) is 2.86. The Morgan fingerprint density at radius 3 is 2.56 bits per heavy atom. The quantitative estimate of drug-likeness (QED) is 0.566.